The number of hydrogen-bond acceptors (Lipinski definition) is 6. The number of pyridine rings is 1. The van der Waals surface area contributed by atoms with Crippen LogP contribution >= 0.6 is 23.1 Å². The third kappa shape index (κ3) is 3.85. The predicted molar refractivity (Wildman–Crippen MR) is 117 cm³/mol. The summed E-state index contributed by atoms with van der Waals surface area (Å²) in [6.45, 7) is 1.82. The summed E-state index contributed by atoms with van der Waals surface area (Å²) in [6.07, 6.45) is 5.27. The number of carbonyl (C=O) groups is 1. The highest BCUT2D eigenvalue weighted by molar-refractivity contribution is 8.01. The normalized spacial score (nSPS) is 16.3. The third-order valence-electron chi connectivity index (χ3n) is 5.06. The topological polar surface area (TPSA) is 57.6 Å². The zero-order valence-corrected chi connectivity index (χ0v) is 17.4. The van der Waals surface area contributed by atoms with Gasteiger partial charge in [0.05, 0.1) is 21.3 Å². The highest BCUT2D eigenvalue weighted by Gasteiger charge is 2.22. The van der Waals surface area contributed by atoms with Crippen LogP contribution in [0.5, 0.6) is 0 Å². The highest BCUT2D eigenvalue weighted by atomic mass is 32.2. The van der Waals surface area contributed by atoms with E-state index in [-0.39, 0.29) is 5.91 Å². The van der Waals surface area contributed by atoms with Crippen LogP contribution in [0.3, 0.4) is 0 Å². The molecule has 7 heteroatoms. The number of fused-ring (bicyclic) bond motifs is 2. The van der Waals surface area contributed by atoms with Crippen molar-refractivity contribution < 1.29 is 4.79 Å². The Morgan fingerprint density at radius 2 is 1.97 bits per heavy atom. The molecule has 2 aromatic heterocycles. The fourth-order valence-corrected chi connectivity index (χ4v) is 5.64. The minimum Gasteiger partial charge on any atom is -0.285 e. The van der Waals surface area contributed by atoms with Crippen molar-refractivity contribution in [2.24, 2.45) is 4.99 Å². The molecule has 0 atom stereocenters. The number of aromatic nitrogens is 1. The van der Waals surface area contributed by atoms with Crippen LogP contribution in [0.25, 0.3) is 0 Å². The Bertz CT molecular complexity index is 1070. The van der Waals surface area contributed by atoms with Crippen LogP contribution in [-0.2, 0) is 0 Å². The lowest BCUT2D eigenvalue weighted by Gasteiger charge is -2.26. The molecule has 5 rings (SSSR count). The second-order valence-electron chi connectivity index (χ2n) is 7.07. The third-order valence-corrected chi connectivity index (χ3v) is 7.28. The Kier molecular flexibility index (Phi) is 5.18. The zero-order valence-electron chi connectivity index (χ0n) is 15.8. The van der Waals surface area contributed by atoms with Gasteiger partial charge in [0.15, 0.2) is 0 Å². The summed E-state index contributed by atoms with van der Waals surface area (Å²) in [7, 11) is 0. The summed E-state index contributed by atoms with van der Waals surface area (Å²) in [5, 5.41) is 4.11. The van der Waals surface area contributed by atoms with Crippen molar-refractivity contribution in [2.45, 2.75) is 28.4 Å². The van der Waals surface area contributed by atoms with Crippen LogP contribution in [-0.4, -0.2) is 34.7 Å². The molecule has 1 N–H and O–H groups in total. The Morgan fingerprint density at radius 3 is 2.79 bits per heavy atom. The van der Waals surface area contributed by atoms with E-state index in [0.717, 1.165) is 53.5 Å². The molecule has 0 aliphatic carbocycles. The van der Waals surface area contributed by atoms with Crippen molar-refractivity contribution >= 4 is 40.4 Å². The summed E-state index contributed by atoms with van der Waals surface area (Å²) >= 11 is 3.40. The van der Waals surface area contributed by atoms with Gasteiger partial charge in [-0.1, -0.05) is 24.2 Å². The number of nitrogens with one attached hydrogen (secondary N) is 1. The van der Waals surface area contributed by atoms with Crippen molar-refractivity contribution in [2.75, 3.05) is 13.1 Å². The highest BCUT2D eigenvalue weighted by Crippen LogP contribution is 2.43. The van der Waals surface area contributed by atoms with Crippen molar-refractivity contribution in [3.05, 3.63) is 70.9 Å². The van der Waals surface area contributed by atoms with Gasteiger partial charge >= 0.3 is 0 Å². The quantitative estimate of drug-likeness (QED) is 0.512. The van der Waals surface area contributed by atoms with E-state index in [4.69, 9.17) is 4.99 Å². The number of piperidine rings is 1. The van der Waals surface area contributed by atoms with Gasteiger partial charge in [-0.15, -0.1) is 11.3 Å². The van der Waals surface area contributed by atoms with E-state index >= 15 is 0 Å². The Balaban J connectivity index is 1.51. The molecular weight excluding hydrogens is 400 g/mol. The number of hydrazine groups is 1. The van der Waals surface area contributed by atoms with Crippen molar-refractivity contribution in [1.29, 1.82) is 0 Å². The Labute approximate surface area is 177 Å². The molecule has 0 unspecified atom stereocenters. The molecule has 5 nitrogen and oxygen atoms in total. The standard InChI is InChI=1S/C22H20N4OS2/c27-21(25-26-11-4-1-5-12-26)15-7-8-19-18(14-15)24-20(17-6-2-3-10-23-17)16-9-13-28-22(16)29-19/h2-3,6-10,13-14H,1,4-5,11-12H2,(H,25,27). The molecule has 1 amide bonds. The fraction of sp³-hybridized carbons (Fsp3) is 0.227. The number of rotatable bonds is 3. The Morgan fingerprint density at radius 1 is 1.07 bits per heavy atom. The largest absolute Gasteiger partial charge is 0.285 e. The van der Waals surface area contributed by atoms with Crippen molar-refractivity contribution in [1.82, 2.24) is 15.4 Å². The number of benzene rings is 1. The lowest BCUT2D eigenvalue weighted by molar-refractivity contribution is 0.0750. The van der Waals surface area contributed by atoms with Gasteiger partial charge in [-0.25, -0.2) is 10.0 Å². The molecule has 0 radical (unpaired) electrons. The molecule has 1 aromatic carbocycles. The first-order chi connectivity index (χ1) is 14.3. The van der Waals surface area contributed by atoms with Crippen molar-refractivity contribution in [3.8, 4) is 0 Å². The molecule has 0 spiro atoms. The van der Waals surface area contributed by atoms with Crippen LogP contribution < -0.4 is 5.43 Å². The summed E-state index contributed by atoms with van der Waals surface area (Å²) in [6, 6.07) is 13.7. The van der Waals surface area contributed by atoms with Crippen LogP contribution in [0.2, 0.25) is 0 Å². The van der Waals surface area contributed by atoms with E-state index in [1.807, 2.05) is 41.4 Å². The van der Waals surface area contributed by atoms with Crippen LogP contribution in [0.15, 0.2) is 68.1 Å². The maximum atomic E-state index is 12.8. The monoisotopic (exact) mass is 420 g/mol. The number of thiophene rings is 1. The van der Waals surface area contributed by atoms with Crippen LogP contribution in [0.1, 0.15) is 40.9 Å². The fourth-order valence-electron chi connectivity index (χ4n) is 3.57. The van der Waals surface area contributed by atoms with Gasteiger partial charge in [0.1, 0.15) is 0 Å². The summed E-state index contributed by atoms with van der Waals surface area (Å²) in [4.78, 5) is 23.3. The molecule has 1 saturated heterocycles. The SMILES string of the molecule is O=C(NN1CCCCC1)c1ccc2c(c1)N=C(c1ccccn1)c1ccsc1S2. The van der Waals surface area contributed by atoms with E-state index in [1.165, 1.54) is 10.6 Å². The molecule has 2 aliphatic heterocycles. The summed E-state index contributed by atoms with van der Waals surface area (Å²) < 4.78 is 1.19. The summed E-state index contributed by atoms with van der Waals surface area (Å²) in [5.41, 5.74) is 7.26. The van der Waals surface area contributed by atoms with E-state index in [1.54, 1.807) is 29.3 Å². The first-order valence-corrected chi connectivity index (χ1v) is 11.4. The van der Waals surface area contributed by atoms with Crippen LogP contribution in [0, 0.1) is 0 Å². The molecule has 2 aliphatic rings. The molecule has 146 valence electrons. The van der Waals surface area contributed by atoms with Gasteiger partial charge in [0.25, 0.3) is 5.91 Å². The number of aliphatic imine (C=N–C) groups is 1. The Hall–Kier alpha value is -2.48. The van der Waals surface area contributed by atoms with Gasteiger partial charge in [0, 0.05) is 35.3 Å². The first-order valence-electron chi connectivity index (χ1n) is 9.74. The number of carbonyl (C=O) groups excluding carboxylic acids is 1. The molecule has 4 heterocycles. The molecule has 3 aromatic rings. The van der Waals surface area contributed by atoms with Gasteiger partial charge in [-0.3, -0.25) is 15.2 Å². The van der Waals surface area contributed by atoms with E-state index in [2.05, 4.69) is 21.9 Å². The number of amides is 1. The average molecular weight is 421 g/mol. The minimum atomic E-state index is -0.0756. The molecule has 0 bridgehead atoms. The van der Waals surface area contributed by atoms with Gasteiger partial charge in [0.2, 0.25) is 0 Å². The summed E-state index contributed by atoms with van der Waals surface area (Å²) in [5.74, 6) is -0.0756. The van der Waals surface area contributed by atoms with Gasteiger partial charge in [-0.2, -0.15) is 0 Å². The second kappa shape index (κ2) is 8.10. The number of nitrogens with zero attached hydrogens (tertiary/aromatic N) is 3. The van der Waals surface area contributed by atoms with Gasteiger partial charge < -0.3 is 0 Å². The van der Waals surface area contributed by atoms with Crippen LogP contribution in [0.4, 0.5) is 5.69 Å². The molecule has 0 saturated carbocycles. The van der Waals surface area contributed by atoms with E-state index in [0.29, 0.717) is 5.56 Å². The molecular formula is C22H20N4OS2. The van der Waals surface area contributed by atoms with E-state index in [9.17, 15) is 4.79 Å². The predicted octanol–water partition coefficient (Wildman–Crippen LogP) is 4.91. The van der Waals surface area contributed by atoms with Gasteiger partial charge in [-0.05, 0) is 54.6 Å². The lowest BCUT2D eigenvalue weighted by Crippen LogP contribution is -2.45. The average Bonchev–Trinajstić information content (AvgIpc) is 3.16. The lowest BCUT2D eigenvalue weighted by atomic mass is 10.1. The first kappa shape index (κ1) is 18.5. The molecule has 29 heavy (non-hydrogen) atoms. The second-order valence-corrected chi connectivity index (χ2v) is 9.30. The maximum Gasteiger partial charge on any atom is 0.265 e. The maximum absolute atomic E-state index is 12.8. The van der Waals surface area contributed by atoms with E-state index < -0.39 is 0 Å². The zero-order chi connectivity index (χ0) is 19.6. The minimum absolute atomic E-state index is 0.0756. The molecule has 1 fully saturated rings. The number of hydrogen-bond donors (Lipinski definition) is 1. The smallest absolute Gasteiger partial charge is 0.265 e. The van der Waals surface area contributed by atoms with Crippen molar-refractivity contribution in [3.63, 3.8) is 0 Å².